The van der Waals surface area contributed by atoms with Crippen LogP contribution in [0.3, 0.4) is 0 Å². The smallest absolute Gasteiger partial charge is 0.146 e. The Labute approximate surface area is 123 Å². The Morgan fingerprint density at radius 2 is 1.95 bits per heavy atom. The number of benzene rings is 1. The molecule has 2 nitrogen and oxygen atoms in total. The number of hydrogen-bond donors (Lipinski definition) is 1. The Kier molecular flexibility index (Phi) is 7.00. The SMILES string of the molecule is CCCCN(c1ccc(C(C)NC)cc1F)C(C)CC. The fourth-order valence-corrected chi connectivity index (χ4v) is 2.32. The topological polar surface area (TPSA) is 15.3 Å². The van der Waals surface area contributed by atoms with Gasteiger partial charge in [0.05, 0.1) is 5.69 Å². The maximum atomic E-state index is 14.5. The van der Waals surface area contributed by atoms with Crippen molar-refractivity contribution in [2.75, 3.05) is 18.5 Å². The molecule has 1 rings (SSSR count). The molecule has 0 aliphatic rings. The first kappa shape index (κ1) is 17.0. The molecule has 1 aromatic carbocycles. The van der Waals surface area contributed by atoms with Crippen molar-refractivity contribution in [3.63, 3.8) is 0 Å². The Bertz CT molecular complexity index is 406. The molecule has 2 unspecified atom stereocenters. The van der Waals surface area contributed by atoms with Gasteiger partial charge in [0.25, 0.3) is 0 Å². The van der Waals surface area contributed by atoms with E-state index in [1.807, 2.05) is 26.1 Å². The highest BCUT2D eigenvalue weighted by atomic mass is 19.1. The summed E-state index contributed by atoms with van der Waals surface area (Å²) in [5.41, 5.74) is 1.73. The Morgan fingerprint density at radius 1 is 1.25 bits per heavy atom. The number of nitrogens with one attached hydrogen (secondary N) is 1. The van der Waals surface area contributed by atoms with Gasteiger partial charge in [-0.05, 0) is 51.4 Å². The fourth-order valence-electron chi connectivity index (χ4n) is 2.32. The summed E-state index contributed by atoms with van der Waals surface area (Å²) in [6.45, 7) is 9.45. The number of nitrogens with zero attached hydrogens (tertiary/aromatic N) is 1. The molecule has 0 heterocycles. The molecule has 0 aliphatic heterocycles. The first-order valence-electron chi connectivity index (χ1n) is 7.78. The second-order valence-electron chi connectivity index (χ2n) is 5.53. The summed E-state index contributed by atoms with van der Waals surface area (Å²) in [5, 5.41) is 3.15. The van der Waals surface area contributed by atoms with E-state index < -0.39 is 0 Å². The summed E-state index contributed by atoms with van der Waals surface area (Å²) in [6.07, 6.45) is 3.25. The van der Waals surface area contributed by atoms with Gasteiger partial charge in [0.2, 0.25) is 0 Å². The minimum atomic E-state index is -0.110. The van der Waals surface area contributed by atoms with Crippen molar-refractivity contribution in [2.45, 2.75) is 59.0 Å². The summed E-state index contributed by atoms with van der Waals surface area (Å²) in [5.74, 6) is -0.110. The second kappa shape index (κ2) is 8.25. The Balaban J connectivity index is 3.01. The second-order valence-corrected chi connectivity index (χ2v) is 5.53. The van der Waals surface area contributed by atoms with Gasteiger partial charge in [0, 0.05) is 18.6 Å². The number of halogens is 1. The van der Waals surface area contributed by atoms with Crippen molar-refractivity contribution >= 4 is 5.69 Å². The van der Waals surface area contributed by atoms with Gasteiger partial charge in [-0.25, -0.2) is 4.39 Å². The molecule has 0 bridgehead atoms. The molecule has 1 aromatic rings. The van der Waals surface area contributed by atoms with Gasteiger partial charge in [-0.15, -0.1) is 0 Å². The first-order valence-corrected chi connectivity index (χ1v) is 7.78. The predicted molar refractivity (Wildman–Crippen MR) is 85.9 cm³/mol. The van der Waals surface area contributed by atoms with Crippen molar-refractivity contribution in [1.29, 1.82) is 0 Å². The molecular weight excluding hydrogens is 251 g/mol. The zero-order valence-electron chi connectivity index (χ0n) is 13.5. The maximum absolute atomic E-state index is 14.5. The summed E-state index contributed by atoms with van der Waals surface area (Å²) < 4.78 is 14.5. The standard InChI is InChI=1S/C17H29FN2/c1-6-8-11-20(13(3)7-2)17-10-9-15(12-16(17)18)14(4)19-5/h9-10,12-14,19H,6-8,11H2,1-5H3. The normalized spacial score (nSPS) is 14.1. The molecule has 20 heavy (non-hydrogen) atoms. The van der Waals surface area contributed by atoms with Gasteiger partial charge in [0.1, 0.15) is 5.82 Å². The van der Waals surface area contributed by atoms with E-state index in [0.29, 0.717) is 6.04 Å². The molecule has 114 valence electrons. The van der Waals surface area contributed by atoms with Crippen molar-refractivity contribution in [1.82, 2.24) is 5.32 Å². The molecular formula is C17H29FN2. The van der Waals surface area contributed by atoms with Crippen LogP contribution in [0.5, 0.6) is 0 Å². The quantitative estimate of drug-likeness (QED) is 0.753. The van der Waals surface area contributed by atoms with Crippen molar-refractivity contribution < 1.29 is 4.39 Å². The molecule has 3 heteroatoms. The minimum absolute atomic E-state index is 0.110. The molecule has 0 aromatic heterocycles. The molecule has 0 radical (unpaired) electrons. The van der Waals surface area contributed by atoms with Gasteiger partial charge in [-0.1, -0.05) is 26.3 Å². The van der Waals surface area contributed by atoms with E-state index in [9.17, 15) is 4.39 Å². The number of anilines is 1. The van der Waals surface area contributed by atoms with E-state index in [-0.39, 0.29) is 11.9 Å². The predicted octanol–water partition coefficient (Wildman–Crippen LogP) is 4.51. The lowest BCUT2D eigenvalue weighted by Crippen LogP contribution is -2.34. The molecule has 0 saturated carbocycles. The Morgan fingerprint density at radius 3 is 2.45 bits per heavy atom. The lowest BCUT2D eigenvalue weighted by molar-refractivity contribution is 0.560. The number of rotatable bonds is 8. The van der Waals surface area contributed by atoms with E-state index >= 15 is 0 Å². The van der Waals surface area contributed by atoms with Gasteiger partial charge in [-0.3, -0.25) is 0 Å². The van der Waals surface area contributed by atoms with E-state index in [1.54, 1.807) is 6.07 Å². The molecule has 0 fully saturated rings. The maximum Gasteiger partial charge on any atom is 0.146 e. The van der Waals surface area contributed by atoms with E-state index in [1.165, 1.54) is 0 Å². The van der Waals surface area contributed by atoms with Crippen LogP contribution >= 0.6 is 0 Å². The molecule has 0 amide bonds. The molecule has 2 atom stereocenters. The van der Waals surface area contributed by atoms with E-state index in [2.05, 4.69) is 31.0 Å². The van der Waals surface area contributed by atoms with Crippen LogP contribution in [0.15, 0.2) is 18.2 Å². The number of unbranched alkanes of at least 4 members (excludes halogenated alkanes) is 1. The van der Waals surface area contributed by atoms with Crippen LogP contribution in [0.25, 0.3) is 0 Å². The third kappa shape index (κ3) is 4.20. The van der Waals surface area contributed by atoms with Gasteiger partial charge < -0.3 is 10.2 Å². The van der Waals surface area contributed by atoms with Crippen molar-refractivity contribution in [3.8, 4) is 0 Å². The third-order valence-electron chi connectivity index (χ3n) is 4.09. The van der Waals surface area contributed by atoms with Crippen LogP contribution in [0.2, 0.25) is 0 Å². The highest BCUT2D eigenvalue weighted by molar-refractivity contribution is 5.50. The van der Waals surface area contributed by atoms with Crippen LogP contribution in [0.4, 0.5) is 10.1 Å². The molecule has 0 spiro atoms. The van der Waals surface area contributed by atoms with Crippen molar-refractivity contribution in [2.24, 2.45) is 0 Å². The molecule has 1 N–H and O–H groups in total. The van der Waals surface area contributed by atoms with Crippen LogP contribution < -0.4 is 10.2 Å². The largest absolute Gasteiger partial charge is 0.366 e. The Hall–Kier alpha value is -1.09. The van der Waals surface area contributed by atoms with Crippen LogP contribution in [-0.2, 0) is 0 Å². The first-order chi connectivity index (χ1) is 9.54. The fraction of sp³-hybridized carbons (Fsp3) is 0.647. The summed E-state index contributed by atoms with van der Waals surface area (Å²) in [7, 11) is 1.89. The minimum Gasteiger partial charge on any atom is -0.366 e. The average Bonchev–Trinajstić information content (AvgIpc) is 2.47. The summed E-state index contributed by atoms with van der Waals surface area (Å²) in [6, 6.07) is 6.16. The average molecular weight is 280 g/mol. The molecule has 0 saturated heterocycles. The number of hydrogen-bond acceptors (Lipinski definition) is 2. The van der Waals surface area contributed by atoms with E-state index in [4.69, 9.17) is 0 Å². The molecule has 0 aliphatic carbocycles. The van der Waals surface area contributed by atoms with Crippen molar-refractivity contribution in [3.05, 3.63) is 29.6 Å². The summed E-state index contributed by atoms with van der Waals surface area (Å²) >= 11 is 0. The van der Waals surface area contributed by atoms with Crippen LogP contribution in [0, 0.1) is 5.82 Å². The highest BCUT2D eigenvalue weighted by Gasteiger charge is 2.17. The van der Waals surface area contributed by atoms with Gasteiger partial charge >= 0.3 is 0 Å². The summed E-state index contributed by atoms with van der Waals surface area (Å²) in [4.78, 5) is 2.20. The highest BCUT2D eigenvalue weighted by Crippen LogP contribution is 2.26. The lowest BCUT2D eigenvalue weighted by atomic mass is 10.1. The lowest BCUT2D eigenvalue weighted by Gasteiger charge is -2.31. The zero-order valence-corrected chi connectivity index (χ0v) is 13.5. The monoisotopic (exact) mass is 280 g/mol. The van der Waals surface area contributed by atoms with Crippen LogP contribution in [-0.4, -0.2) is 19.6 Å². The van der Waals surface area contributed by atoms with Crippen LogP contribution in [0.1, 0.15) is 58.6 Å². The van der Waals surface area contributed by atoms with Gasteiger partial charge in [-0.2, -0.15) is 0 Å². The zero-order chi connectivity index (χ0) is 15.1. The van der Waals surface area contributed by atoms with Gasteiger partial charge in [0.15, 0.2) is 0 Å². The van der Waals surface area contributed by atoms with E-state index in [0.717, 1.165) is 37.1 Å². The third-order valence-corrected chi connectivity index (χ3v) is 4.09.